The minimum Gasteiger partial charge on any atom is -0.481 e. The summed E-state index contributed by atoms with van der Waals surface area (Å²) < 4.78 is 5.67. The molecule has 1 atom stereocenters. The van der Waals surface area contributed by atoms with Crippen molar-refractivity contribution in [2.45, 2.75) is 26.9 Å². The van der Waals surface area contributed by atoms with Crippen LogP contribution in [0.3, 0.4) is 0 Å². The highest BCUT2D eigenvalue weighted by atomic mass is 35.5. The number of benzene rings is 2. The lowest BCUT2D eigenvalue weighted by Gasteiger charge is -2.16. The van der Waals surface area contributed by atoms with Gasteiger partial charge in [0, 0.05) is 5.02 Å². The summed E-state index contributed by atoms with van der Waals surface area (Å²) in [7, 11) is 0. The predicted molar refractivity (Wildman–Crippen MR) is 91.1 cm³/mol. The first-order valence-corrected chi connectivity index (χ1v) is 7.62. The molecule has 0 aliphatic rings. The molecule has 0 saturated carbocycles. The zero-order valence-electron chi connectivity index (χ0n) is 12.6. The van der Waals surface area contributed by atoms with Gasteiger partial charge in [-0.2, -0.15) is 0 Å². The third-order valence-electron chi connectivity index (χ3n) is 3.35. The first kappa shape index (κ1) is 16.7. The van der Waals surface area contributed by atoms with Crippen molar-refractivity contribution >= 4 is 34.8 Å². The summed E-state index contributed by atoms with van der Waals surface area (Å²) in [5, 5.41) is 3.65. The molecule has 0 spiro atoms. The SMILES string of the molecule is Cc1ccc(O[C@@H](C)C(=O)Nc2cc(Cl)ccc2Cl)cc1C. The highest BCUT2D eigenvalue weighted by Crippen LogP contribution is 2.26. The molecule has 0 aromatic heterocycles. The van der Waals surface area contributed by atoms with Gasteiger partial charge in [0.25, 0.3) is 5.91 Å². The fraction of sp³-hybridized carbons (Fsp3) is 0.235. The van der Waals surface area contributed by atoms with E-state index in [9.17, 15) is 4.79 Å². The van der Waals surface area contributed by atoms with Crippen molar-refractivity contribution < 1.29 is 9.53 Å². The summed E-state index contributed by atoms with van der Waals surface area (Å²) in [6.07, 6.45) is -0.655. The van der Waals surface area contributed by atoms with E-state index in [1.54, 1.807) is 25.1 Å². The minimum absolute atomic E-state index is 0.289. The van der Waals surface area contributed by atoms with Gasteiger partial charge in [-0.1, -0.05) is 29.3 Å². The largest absolute Gasteiger partial charge is 0.481 e. The second-order valence-electron chi connectivity index (χ2n) is 5.12. The standard InChI is InChI=1S/C17H17Cl2NO2/c1-10-4-6-14(8-11(10)2)22-12(3)17(21)20-16-9-13(18)5-7-15(16)19/h4-9,12H,1-3H3,(H,20,21)/t12-/m0/s1. The number of anilines is 1. The summed E-state index contributed by atoms with van der Waals surface area (Å²) in [5.74, 6) is 0.366. The Kier molecular flexibility index (Phi) is 5.33. The molecule has 2 aromatic carbocycles. The number of aryl methyl sites for hydroxylation is 2. The monoisotopic (exact) mass is 337 g/mol. The Morgan fingerprint density at radius 2 is 1.82 bits per heavy atom. The average molecular weight is 338 g/mol. The van der Waals surface area contributed by atoms with Crippen LogP contribution in [-0.4, -0.2) is 12.0 Å². The lowest BCUT2D eigenvalue weighted by Crippen LogP contribution is -2.30. The van der Waals surface area contributed by atoms with Crippen LogP contribution in [0.15, 0.2) is 36.4 Å². The average Bonchev–Trinajstić information content (AvgIpc) is 2.46. The lowest BCUT2D eigenvalue weighted by molar-refractivity contribution is -0.122. The molecule has 0 bridgehead atoms. The van der Waals surface area contributed by atoms with E-state index in [-0.39, 0.29) is 5.91 Å². The lowest BCUT2D eigenvalue weighted by atomic mass is 10.1. The molecule has 2 rings (SSSR count). The highest BCUT2D eigenvalue weighted by Gasteiger charge is 2.16. The molecule has 1 amide bonds. The van der Waals surface area contributed by atoms with Gasteiger partial charge in [-0.3, -0.25) is 4.79 Å². The van der Waals surface area contributed by atoms with Gasteiger partial charge in [0.15, 0.2) is 6.10 Å². The van der Waals surface area contributed by atoms with Crippen molar-refractivity contribution in [1.82, 2.24) is 0 Å². The summed E-state index contributed by atoms with van der Waals surface area (Å²) in [4.78, 5) is 12.2. The van der Waals surface area contributed by atoms with Crippen molar-refractivity contribution in [2.24, 2.45) is 0 Å². The number of hydrogen-bond acceptors (Lipinski definition) is 2. The number of ether oxygens (including phenoxy) is 1. The van der Waals surface area contributed by atoms with Crippen molar-refractivity contribution in [3.05, 3.63) is 57.6 Å². The van der Waals surface area contributed by atoms with Crippen LogP contribution in [-0.2, 0) is 4.79 Å². The number of halogens is 2. The topological polar surface area (TPSA) is 38.3 Å². The molecule has 5 heteroatoms. The van der Waals surface area contributed by atoms with E-state index in [4.69, 9.17) is 27.9 Å². The molecular formula is C17H17Cl2NO2. The van der Waals surface area contributed by atoms with Crippen LogP contribution < -0.4 is 10.1 Å². The third kappa shape index (κ3) is 4.15. The third-order valence-corrected chi connectivity index (χ3v) is 3.91. The number of carbonyl (C=O) groups excluding carboxylic acids is 1. The normalized spacial score (nSPS) is 11.9. The Morgan fingerprint density at radius 1 is 1.09 bits per heavy atom. The molecule has 0 unspecified atom stereocenters. The molecule has 0 saturated heterocycles. The fourth-order valence-corrected chi connectivity index (χ4v) is 2.21. The molecular weight excluding hydrogens is 321 g/mol. The fourth-order valence-electron chi connectivity index (χ4n) is 1.87. The second kappa shape index (κ2) is 7.03. The molecule has 116 valence electrons. The Balaban J connectivity index is 2.05. The molecule has 0 radical (unpaired) electrons. The molecule has 0 heterocycles. The van der Waals surface area contributed by atoms with Gasteiger partial charge in [-0.25, -0.2) is 0 Å². The number of nitrogens with one attached hydrogen (secondary N) is 1. The number of hydrogen-bond donors (Lipinski definition) is 1. The Morgan fingerprint density at radius 3 is 2.50 bits per heavy atom. The number of amides is 1. The van der Waals surface area contributed by atoms with Crippen LogP contribution in [0.4, 0.5) is 5.69 Å². The van der Waals surface area contributed by atoms with Crippen molar-refractivity contribution in [1.29, 1.82) is 0 Å². The molecule has 2 aromatic rings. The van der Waals surface area contributed by atoms with Gasteiger partial charge < -0.3 is 10.1 Å². The smallest absolute Gasteiger partial charge is 0.265 e. The quantitative estimate of drug-likeness (QED) is 0.850. The predicted octanol–water partition coefficient (Wildman–Crippen LogP) is 5.02. The second-order valence-corrected chi connectivity index (χ2v) is 5.96. The van der Waals surface area contributed by atoms with Gasteiger partial charge in [-0.05, 0) is 62.2 Å². The van der Waals surface area contributed by atoms with E-state index >= 15 is 0 Å². The van der Waals surface area contributed by atoms with E-state index in [0.29, 0.717) is 21.5 Å². The molecule has 1 N–H and O–H groups in total. The maximum absolute atomic E-state index is 12.2. The number of carbonyl (C=O) groups is 1. The first-order chi connectivity index (χ1) is 10.4. The van der Waals surface area contributed by atoms with E-state index < -0.39 is 6.10 Å². The highest BCUT2D eigenvalue weighted by molar-refractivity contribution is 6.35. The van der Waals surface area contributed by atoms with E-state index in [1.807, 2.05) is 32.0 Å². The van der Waals surface area contributed by atoms with Crippen LogP contribution in [0.5, 0.6) is 5.75 Å². The number of rotatable bonds is 4. The minimum atomic E-state index is -0.655. The maximum atomic E-state index is 12.2. The first-order valence-electron chi connectivity index (χ1n) is 6.86. The van der Waals surface area contributed by atoms with E-state index in [2.05, 4.69) is 5.32 Å². The van der Waals surface area contributed by atoms with Crippen LogP contribution >= 0.6 is 23.2 Å². The molecule has 0 fully saturated rings. The Labute approximate surface area is 140 Å². The van der Waals surface area contributed by atoms with Crippen LogP contribution in [0.1, 0.15) is 18.1 Å². The van der Waals surface area contributed by atoms with Crippen LogP contribution in [0, 0.1) is 13.8 Å². The molecule has 22 heavy (non-hydrogen) atoms. The Bertz CT molecular complexity index is 701. The molecule has 0 aliphatic carbocycles. The summed E-state index contributed by atoms with van der Waals surface area (Å²) in [6, 6.07) is 10.6. The molecule has 0 aliphatic heterocycles. The van der Waals surface area contributed by atoms with Gasteiger partial charge in [0.1, 0.15) is 5.75 Å². The zero-order chi connectivity index (χ0) is 16.3. The van der Waals surface area contributed by atoms with E-state index in [1.165, 1.54) is 5.56 Å². The van der Waals surface area contributed by atoms with Crippen LogP contribution in [0.2, 0.25) is 10.0 Å². The maximum Gasteiger partial charge on any atom is 0.265 e. The van der Waals surface area contributed by atoms with Gasteiger partial charge >= 0.3 is 0 Å². The summed E-state index contributed by atoms with van der Waals surface area (Å²) in [5.41, 5.74) is 2.76. The Hall–Kier alpha value is -1.71. The van der Waals surface area contributed by atoms with Crippen LogP contribution in [0.25, 0.3) is 0 Å². The van der Waals surface area contributed by atoms with Crippen molar-refractivity contribution in [2.75, 3.05) is 5.32 Å². The summed E-state index contributed by atoms with van der Waals surface area (Å²) >= 11 is 11.9. The van der Waals surface area contributed by atoms with Gasteiger partial charge in [0.2, 0.25) is 0 Å². The van der Waals surface area contributed by atoms with Gasteiger partial charge in [0.05, 0.1) is 10.7 Å². The van der Waals surface area contributed by atoms with E-state index in [0.717, 1.165) is 5.56 Å². The van der Waals surface area contributed by atoms with Crippen molar-refractivity contribution in [3.63, 3.8) is 0 Å². The zero-order valence-corrected chi connectivity index (χ0v) is 14.1. The van der Waals surface area contributed by atoms with Gasteiger partial charge in [-0.15, -0.1) is 0 Å². The van der Waals surface area contributed by atoms with Crippen molar-refractivity contribution in [3.8, 4) is 5.75 Å². The molecule has 3 nitrogen and oxygen atoms in total. The summed E-state index contributed by atoms with van der Waals surface area (Å²) in [6.45, 7) is 5.71.